The number of imidazole rings is 1. The molecular formula is C23H31N7O3. The number of para-hydroxylation sites is 1. The molecule has 0 aliphatic carbocycles. The summed E-state index contributed by atoms with van der Waals surface area (Å²) in [6, 6.07) is 10.5. The maximum Gasteiger partial charge on any atom is 0.329 e. The summed E-state index contributed by atoms with van der Waals surface area (Å²) in [5.41, 5.74) is 0.818. The number of H-pyrrole nitrogens is 2. The highest BCUT2D eigenvalue weighted by atomic mass is 16.2. The average Bonchev–Trinajstić information content (AvgIpc) is 3.27. The third-order valence-electron chi connectivity index (χ3n) is 6.11. The molecule has 1 aliphatic rings. The molecule has 3 aromatic rings. The summed E-state index contributed by atoms with van der Waals surface area (Å²) in [5, 5.41) is 2.95. The number of unbranched alkanes of at least 4 members (excludes halogenated alkanes) is 1. The van der Waals surface area contributed by atoms with Crippen LogP contribution < -0.4 is 21.5 Å². The molecule has 0 bridgehead atoms. The molecule has 4 rings (SSSR count). The lowest BCUT2D eigenvalue weighted by Crippen LogP contribution is -2.46. The van der Waals surface area contributed by atoms with Crippen LogP contribution in [0.3, 0.4) is 0 Å². The molecule has 0 atom stereocenters. The molecule has 1 fully saturated rings. The Morgan fingerprint density at radius 2 is 1.82 bits per heavy atom. The van der Waals surface area contributed by atoms with Crippen LogP contribution in [0.15, 0.2) is 39.9 Å². The summed E-state index contributed by atoms with van der Waals surface area (Å²) in [6.45, 7) is 5.91. The lowest BCUT2D eigenvalue weighted by Gasteiger charge is -2.36. The number of benzene rings is 1. The summed E-state index contributed by atoms with van der Waals surface area (Å²) in [7, 11) is 1.54. The summed E-state index contributed by atoms with van der Waals surface area (Å²) >= 11 is 0. The van der Waals surface area contributed by atoms with Crippen molar-refractivity contribution in [3.63, 3.8) is 0 Å². The first-order valence-corrected chi connectivity index (χ1v) is 11.5. The highest BCUT2D eigenvalue weighted by molar-refractivity contribution is 5.76. The monoisotopic (exact) mass is 453 g/mol. The van der Waals surface area contributed by atoms with Gasteiger partial charge < -0.3 is 15.2 Å². The Kier molecular flexibility index (Phi) is 7.23. The van der Waals surface area contributed by atoms with Crippen molar-refractivity contribution in [1.82, 2.24) is 29.7 Å². The zero-order valence-electron chi connectivity index (χ0n) is 19.0. The van der Waals surface area contributed by atoms with Crippen LogP contribution in [0.25, 0.3) is 11.2 Å². The summed E-state index contributed by atoms with van der Waals surface area (Å²) in [4.78, 5) is 50.0. The zero-order chi connectivity index (χ0) is 23.2. The molecule has 1 saturated heterocycles. The van der Waals surface area contributed by atoms with Crippen molar-refractivity contribution in [2.45, 2.75) is 25.7 Å². The van der Waals surface area contributed by atoms with E-state index in [0.717, 1.165) is 45.6 Å². The van der Waals surface area contributed by atoms with Gasteiger partial charge in [-0.1, -0.05) is 18.2 Å². The van der Waals surface area contributed by atoms with E-state index >= 15 is 0 Å². The third kappa shape index (κ3) is 5.70. The van der Waals surface area contributed by atoms with Gasteiger partial charge in [-0.25, -0.2) is 9.78 Å². The number of hydrogen-bond donors (Lipinski definition) is 3. The minimum atomic E-state index is -0.513. The van der Waals surface area contributed by atoms with Gasteiger partial charge in [-0.05, 0) is 31.5 Å². The van der Waals surface area contributed by atoms with Crippen LogP contribution in [0.1, 0.15) is 25.1 Å². The Morgan fingerprint density at radius 3 is 2.58 bits per heavy atom. The quantitative estimate of drug-likeness (QED) is 0.408. The maximum absolute atomic E-state index is 12.2. The van der Waals surface area contributed by atoms with Crippen LogP contribution >= 0.6 is 0 Å². The van der Waals surface area contributed by atoms with E-state index in [9.17, 15) is 14.4 Å². The highest BCUT2D eigenvalue weighted by Gasteiger charge is 2.16. The molecule has 176 valence electrons. The van der Waals surface area contributed by atoms with Crippen molar-refractivity contribution in [3.05, 3.63) is 57.0 Å². The van der Waals surface area contributed by atoms with Crippen LogP contribution in [0.2, 0.25) is 0 Å². The van der Waals surface area contributed by atoms with Crippen molar-refractivity contribution in [2.75, 3.05) is 44.2 Å². The first-order valence-electron chi connectivity index (χ1n) is 11.5. The summed E-state index contributed by atoms with van der Waals surface area (Å²) in [6.07, 6.45) is 2.63. The van der Waals surface area contributed by atoms with Crippen LogP contribution in [-0.2, 0) is 18.3 Å². The predicted molar refractivity (Wildman–Crippen MR) is 128 cm³/mol. The van der Waals surface area contributed by atoms with Gasteiger partial charge in [-0.3, -0.25) is 24.0 Å². The van der Waals surface area contributed by atoms with Gasteiger partial charge in [0.1, 0.15) is 11.3 Å². The summed E-state index contributed by atoms with van der Waals surface area (Å²) < 4.78 is 1.28. The van der Waals surface area contributed by atoms with Crippen molar-refractivity contribution >= 4 is 22.8 Å². The molecule has 10 nitrogen and oxygen atoms in total. The van der Waals surface area contributed by atoms with E-state index in [1.807, 2.05) is 6.07 Å². The van der Waals surface area contributed by atoms with Crippen LogP contribution in [0.4, 0.5) is 5.69 Å². The van der Waals surface area contributed by atoms with Gasteiger partial charge in [0.05, 0.1) is 0 Å². The van der Waals surface area contributed by atoms with E-state index < -0.39 is 11.2 Å². The maximum atomic E-state index is 12.2. The van der Waals surface area contributed by atoms with Crippen LogP contribution in [0, 0.1) is 0 Å². The second-order valence-electron chi connectivity index (χ2n) is 8.42. The number of carbonyl (C=O) groups is 1. The number of hydrogen-bond acceptors (Lipinski definition) is 6. The van der Waals surface area contributed by atoms with Gasteiger partial charge in [0.15, 0.2) is 5.65 Å². The molecule has 0 unspecified atom stereocenters. The molecular weight excluding hydrogens is 422 g/mol. The lowest BCUT2D eigenvalue weighted by molar-refractivity contribution is -0.121. The number of aromatic nitrogens is 4. The molecule has 10 heteroatoms. The Labute approximate surface area is 191 Å². The Hall–Kier alpha value is -3.40. The van der Waals surface area contributed by atoms with E-state index in [1.54, 1.807) is 7.05 Å². The van der Waals surface area contributed by atoms with Gasteiger partial charge >= 0.3 is 5.69 Å². The molecule has 3 heterocycles. The number of carbonyl (C=O) groups excluding carboxylic acids is 1. The number of fused-ring (bicyclic) bond motifs is 1. The minimum absolute atomic E-state index is 0.0465. The molecule has 2 aromatic heterocycles. The number of amides is 1. The fourth-order valence-corrected chi connectivity index (χ4v) is 4.15. The Bertz CT molecular complexity index is 1190. The van der Waals surface area contributed by atoms with Gasteiger partial charge in [0, 0.05) is 58.3 Å². The predicted octanol–water partition coefficient (Wildman–Crippen LogP) is 0.601. The fourth-order valence-electron chi connectivity index (χ4n) is 4.15. The number of anilines is 1. The highest BCUT2D eigenvalue weighted by Crippen LogP contribution is 2.15. The van der Waals surface area contributed by atoms with Crippen molar-refractivity contribution < 1.29 is 4.79 Å². The SMILES string of the molecule is Cn1c(=O)[nH]c(=O)c2[nH]c(CCC(=O)NCCCCN3CCN(c4ccccc4)CC3)nc21. The van der Waals surface area contributed by atoms with Crippen molar-refractivity contribution in [1.29, 1.82) is 0 Å². The molecule has 1 aromatic carbocycles. The standard InChI is InChI=1S/C23H31N7O3/c1-28-21-20(22(32)27-23(28)33)25-18(26-21)9-10-19(31)24-11-5-6-12-29-13-15-30(16-14-29)17-7-3-2-4-8-17/h2-4,7-8H,5-6,9-16H2,1H3,(H,24,31)(H,25,26)(H,27,32,33). The van der Waals surface area contributed by atoms with Crippen molar-refractivity contribution in [3.8, 4) is 0 Å². The number of rotatable bonds is 9. The number of nitrogens with one attached hydrogen (secondary N) is 3. The fraction of sp³-hybridized carbons (Fsp3) is 0.478. The van der Waals surface area contributed by atoms with Crippen molar-refractivity contribution in [2.24, 2.45) is 7.05 Å². The smallest absolute Gasteiger partial charge is 0.329 e. The molecule has 0 radical (unpaired) electrons. The first-order chi connectivity index (χ1) is 16.0. The van der Waals surface area contributed by atoms with E-state index in [1.165, 1.54) is 10.3 Å². The lowest BCUT2D eigenvalue weighted by atomic mass is 10.2. The molecule has 33 heavy (non-hydrogen) atoms. The largest absolute Gasteiger partial charge is 0.369 e. The second-order valence-corrected chi connectivity index (χ2v) is 8.42. The zero-order valence-corrected chi connectivity index (χ0v) is 19.0. The number of nitrogens with zero attached hydrogens (tertiary/aromatic N) is 4. The average molecular weight is 454 g/mol. The first kappa shape index (κ1) is 22.8. The number of aromatic amines is 2. The Balaban J connectivity index is 1.12. The van der Waals surface area contributed by atoms with E-state index in [-0.39, 0.29) is 17.8 Å². The van der Waals surface area contributed by atoms with Gasteiger partial charge in [0.2, 0.25) is 5.91 Å². The molecule has 1 aliphatic heterocycles. The van der Waals surface area contributed by atoms with E-state index in [4.69, 9.17) is 0 Å². The topological polar surface area (TPSA) is 119 Å². The van der Waals surface area contributed by atoms with Crippen LogP contribution in [0.5, 0.6) is 0 Å². The minimum Gasteiger partial charge on any atom is -0.369 e. The van der Waals surface area contributed by atoms with E-state index in [0.29, 0.717) is 24.4 Å². The molecule has 3 N–H and O–H groups in total. The summed E-state index contributed by atoms with van der Waals surface area (Å²) in [5.74, 6) is 0.469. The molecule has 1 amide bonds. The van der Waals surface area contributed by atoms with Gasteiger partial charge in [-0.2, -0.15) is 0 Å². The second kappa shape index (κ2) is 10.5. The number of aryl methyl sites for hydroxylation is 2. The van der Waals surface area contributed by atoms with Gasteiger partial charge in [0.25, 0.3) is 5.56 Å². The third-order valence-corrected chi connectivity index (χ3v) is 6.11. The van der Waals surface area contributed by atoms with E-state index in [2.05, 4.69) is 54.3 Å². The van der Waals surface area contributed by atoms with Crippen LogP contribution in [-0.4, -0.2) is 69.6 Å². The molecule has 0 saturated carbocycles. The molecule has 0 spiro atoms. The van der Waals surface area contributed by atoms with Gasteiger partial charge in [-0.15, -0.1) is 0 Å². The normalized spacial score (nSPS) is 14.6. The number of piperazine rings is 1. The Morgan fingerprint density at radius 1 is 1.06 bits per heavy atom.